The Balaban J connectivity index is 2.24. The highest BCUT2D eigenvalue weighted by Gasteiger charge is 2.15. The summed E-state index contributed by atoms with van der Waals surface area (Å²) in [6.45, 7) is 1.71. The van der Waals surface area contributed by atoms with Crippen LogP contribution in [-0.4, -0.2) is 14.9 Å². The van der Waals surface area contributed by atoms with Crippen molar-refractivity contribution in [3.05, 3.63) is 50.7 Å². The van der Waals surface area contributed by atoms with Gasteiger partial charge in [-0.1, -0.05) is 23.7 Å². The van der Waals surface area contributed by atoms with Crippen LogP contribution in [0.1, 0.15) is 5.56 Å². The summed E-state index contributed by atoms with van der Waals surface area (Å²) in [5.74, 6) is 0. The summed E-state index contributed by atoms with van der Waals surface area (Å²) in [6, 6.07) is 5.15. The number of nitro benzene ring substituents is 1. The number of nitrogens with zero attached hydrogens (tertiary/aromatic N) is 3. The number of rotatable bonds is 2. The summed E-state index contributed by atoms with van der Waals surface area (Å²) in [7, 11) is 0. The summed E-state index contributed by atoms with van der Waals surface area (Å²) in [5, 5.41) is 13.3. The molecule has 5 nitrogen and oxygen atoms in total. The first-order valence-electron chi connectivity index (χ1n) is 5.71. The minimum atomic E-state index is -0.380. The van der Waals surface area contributed by atoms with Crippen molar-refractivity contribution in [3.63, 3.8) is 0 Å². The quantitative estimate of drug-likeness (QED) is 0.403. The molecule has 0 aliphatic rings. The summed E-state index contributed by atoms with van der Waals surface area (Å²) in [6.07, 6.45) is 1.39. The molecule has 0 bridgehead atoms. The van der Waals surface area contributed by atoms with E-state index in [9.17, 15) is 10.1 Å². The first-order chi connectivity index (χ1) is 9.58. The minimum absolute atomic E-state index is 0.0991. The highest BCUT2D eigenvalue weighted by molar-refractivity contribution is 7.18. The van der Waals surface area contributed by atoms with Crippen LogP contribution in [0.3, 0.4) is 0 Å². The van der Waals surface area contributed by atoms with E-state index in [0.717, 1.165) is 15.8 Å². The molecule has 0 radical (unpaired) electrons. The van der Waals surface area contributed by atoms with Crippen molar-refractivity contribution in [2.24, 2.45) is 0 Å². The summed E-state index contributed by atoms with van der Waals surface area (Å²) >= 11 is 7.44. The number of aromatic nitrogens is 2. The Bertz CT molecular complexity index is 832. The zero-order valence-electron chi connectivity index (χ0n) is 10.3. The smallest absolute Gasteiger partial charge is 0.258 e. The van der Waals surface area contributed by atoms with E-state index in [2.05, 4.69) is 9.97 Å². The summed E-state index contributed by atoms with van der Waals surface area (Å²) in [4.78, 5) is 18.8. The highest BCUT2D eigenvalue weighted by Crippen LogP contribution is 2.36. The van der Waals surface area contributed by atoms with Crippen LogP contribution in [0.4, 0.5) is 5.69 Å². The average Bonchev–Trinajstić information content (AvgIpc) is 2.84. The van der Waals surface area contributed by atoms with Crippen molar-refractivity contribution in [2.45, 2.75) is 6.92 Å². The van der Waals surface area contributed by atoms with Gasteiger partial charge in [0.05, 0.1) is 15.1 Å². The van der Waals surface area contributed by atoms with Crippen LogP contribution in [0.15, 0.2) is 29.9 Å². The highest BCUT2D eigenvalue weighted by atomic mass is 35.5. The largest absolute Gasteiger partial charge is 0.272 e. The second kappa shape index (κ2) is 4.81. The van der Waals surface area contributed by atoms with Crippen LogP contribution in [-0.2, 0) is 0 Å². The normalized spacial score (nSPS) is 10.9. The fourth-order valence-corrected chi connectivity index (χ4v) is 3.18. The van der Waals surface area contributed by atoms with E-state index in [0.29, 0.717) is 16.2 Å². The Hall–Kier alpha value is -2.05. The maximum absolute atomic E-state index is 11.0. The molecule has 2 heterocycles. The van der Waals surface area contributed by atoms with Gasteiger partial charge < -0.3 is 0 Å². The molecule has 0 saturated heterocycles. The standard InChI is InChI=1S/C13H8ClN3O2S/c1-7-2-3-8(4-10(7)17(18)19)9-5-20-12-11(9)15-6-16-13(12)14/h2-6H,1H3. The van der Waals surface area contributed by atoms with E-state index < -0.39 is 0 Å². The molecule has 0 aliphatic heterocycles. The number of thiophene rings is 1. The first-order valence-corrected chi connectivity index (χ1v) is 6.97. The average molecular weight is 306 g/mol. The van der Waals surface area contributed by atoms with Gasteiger partial charge in [-0.2, -0.15) is 0 Å². The topological polar surface area (TPSA) is 68.9 Å². The van der Waals surface area contributed by atoms with Crippen molar-refractivity contribution < 1.29 is 4.92 Å². The van der Waals surface area contributed by atoms with E-state index in [1.165, 1.54) is 17.7 Å². The van der Waals surface area contributed by atoms with Gasteiger partial charge in [-0.3, -0.25) is 10.1 Å². The van der Waals surface area contributed by atoms with Gasteiger partial charge in [0, 0.05) is 22.6 Å². The molecule has 3 aromatic rings. The maximum atomic E-state index is 11.0. The van der Waals surface area contributed by atoms with Crippen molar-refractivity contribution in [1.29, 1.82) is 0 Å². The Morgan fingerprint density at radius 2 is 2.15 bits per heavy atom. The first kappa shape index (κ1) is 13.0. The number of halogens is 1. The van der Waals surface area contributed by atoms with Gasteiger partial charge in [-0.25, -0.2) is 9.97 Å². The van der Waals surface area contributed by atoms with E-state index in [1.54, 1.807) is 19.1 Å². The lowest BCUT2D eigenvalue weighted by Gasteiger charge is -2.02. The number of fused-ring (bicyclic) bond motifs is 1. The van der Waals surface area contributed by atoms with Crippen molar-refractivity contribution in [3.8, 4) is 11.1 Å². The Kier molecular flexibility index (Phi) is 3.11. The lowest BCUT2D eigenvalue weighted by Crippen LogP contribution is -1.92. The fraction of sp³-hybridized carbons (Fsp3) is 0.0769. The third kappa shape index (κ3) is 2.03. The van der Waals surface area contributed by atoms with Gasteiger partial charge in [0.15, 0.2) is 0 Å². The second-order valence-electron chi connectivity index (χ2n) is 4.25. The van der Waals surface area contributed by atoms with Gasteiger partial charge in [0.2, 0.25) is 0 Å². The number of aryl methyl sites for hydroxylation is 1. The van der Waals surface area contributed by atoms with E-state index in [-0.39, 0.29) is 10.6 Å². The predicted octanol–water partition coefficient (Wildman–Crippen LogP) is 4.23. The van der Waals surface area contributed by atoms with Gasteiger partial charge in [0.1, 0.15) is 11.5 Å². The number of nitro groups is 1. The van der Waals surface area contributed by atoms with Gasteiger partial charge in [-0.15, -0.1) is 11.3 Å². The maximum Gasteiger partial charge on any atom is 0.272 e. The molecular weight excluding hydrogens is 298 g/mol. The van der Waals surface area contributed by atoms with Crippen LogP contribution >= 0.6 is 22.9 Å². The van der Waals surface area contributed by atoms with Crippen LogP contribution in [0.2, 0.25) is 5.15 Å². The molecule has 3 rings (SSSR count). The third-order valence-electron chi connectivity index (χ3n) is 3.03. The zero-order chi connectivity index (χ0) is 14.3. The molecule has 0 atom stereocenters. The molecule has 20 heavy (non-hydrogen) atoms. The molecule has 100 valence electrons. The molecule has 0 aliphatic carbocycles. The minimum Gasteiger partial charge on any atom is -0.258 e. The Morgan fingerprint density at radius 1 is 1.35 bits per heavy atom. The van der Waals surface area contributed by atoms with Crippen molar-refractivity contribution in [2.75, 3.05) is 0 Å². The summed E-state index contributed by atoms with van der Waals surface area (Å²) < 4.78 is 0.785. The molecule has 0 fully saturated rings. The van der Waals surface area contributed by atoms with Crippen LogP contribution in [0, 0.1) is 17.0 Å². The fourth-order valence-electron chi connectivity index (χ4n) is 2.00. The van der Waals surface area contributed by atoms with Gasteiger partial charge in [0.25, 0.3) is 5.69 Å². The molecule has 0 saturated carbocycles. The van der Waals surface area contributed by atoms with Crippen LogP contribution in [0.5, 0.6) is 0 Å². The van der Waals surface area contributed by atoms with Gasteiger partial charge in [-0.05, 0) is 12.5 Å². The molecule has 2 aromatic heterocycles. The molecular formula is C13H8ClN3O2S. The van der Waals surface area contributed by atoms with E-state index in [1.807, 2.05) is 11.4 Å². The van der Waals surface area contributed by atoms with Crippen LogP contribution < -0.4 is 0 Å². The number of hydrogen-bond donors (Lipinski definition) is 0. The third-order valence-corrected chi connectivity index (χ3v) is 4.40. The van der Waals surface area contributed by atoms with E-state index in [4.69, 9.17) is 11.6 Å². The molecule has 1 aromatic carbocycles. The monoisotopic (exact) mass is 305 g/mol. The Morgan fingerprint density at radius 3 is 2.90 bits per heavy atom. The van der Waals surface area contributed by atoms with Crippen molar-refractivity contribution >= 4 is 38.8 Å². The van der Waals surface area contributed by atoms with Crippen molar-refractivity contribution in [1.82, 2.24) is 9.97 Å². The Labute approximate surface area is 123 Å². The number of benzene rings is 1. The summed E-state index contributed by atoms with van der Waals surface area (Å²) in [5.41, 5.74) is 3.03. The lowest BCUT2D eigenvalue weighted by atomic mass is 10.0. The lowest BCUT2D eigenvalue weighted by molar-refractivity contribution is -0.385. The van der Waals surface area contributed by atoms with Gasteiger partial charge >= 0.3 is 0 Å². The zero-order valence-corrected chi connectivity index (χ0v) is 11.9. The molecule has 0 spiro atoms. The number of hydrogen-bond acceptors (Lipinski definition) is 5. The van der Waals surface area contributed by atoms with Crippen LogP contribution in [0.25, 0.3) is 21.3 Å². The SMILES string of the molecule is Cc1ccc(-c2csc3c(Cl)ncnc23)cc1[N+](=O)[O-]. The molecule has 7 heteroatoms. The molecule has 0 amide bonds. The van der Waals surface area contributed by atoms with E-state index >= 15 is 0 Å². The molecule has 0 unspecified atom stereocenters. The predicted molar refractivity (Wildman–Crippen MR) is 79.3 cm³/mol. The second-order valence-corrected chi connectivity index (χ2v) is 5.49. The molecule has 0 N–H and O–H groups in total.